The maximum absolute atomic E-state index is 11.3. The molecule has 0 bridgehead atoms. The monoisotopic (exact) mass is 425 g/mol. The molecule has 2 amide bonds. The summed E-state index contributed by atoms with van der Waals surface area (Å²) in [6, 6.07) is 4.35. The third kappa shape index (κ3) is 8.94. The molecule has 0 aromatic carbocycles. The summed E-state index contributed by atoms with van der Waals surface area (Å²) >= 11 is 0. The van der Waals surface area contributed by atoms with Gasteiger partial charge in [-0.2, -0.15) is 0 Å². The number of hydrogen-bond donors (Lipinski definition) is 5. The Morgan fingerprint density at radius 1 is 1.11 bits per heavy atom. The zero-order chi connectivity index (χ0) is 19.4. The first-order valence-electron chi connectivity index (χ1n) is 8.29. The molecule has 0 aliphatic heterocycles. The molecular formula is C17H27N7O2Zn. The number of aromatic nitrogens is 3. The van der Waals surface area contributed by atoms with Gasteiger partial charge in [0.15, 0.2) is 0 Å². The molecule has 27 heavy (non-hydrogen) atoms. The summed E-state index contributed by atoms with van der Waals surface area (Å²) in [6.45, 7) is 0. The van der Waals surface area contributed by atoms with Gasteiger partial charge in [0.2, 0.25) is 11.8 Å². The zero-order valence-electron chi connectivity index (χ0n) is 16.3. The SMILES string of the molecule is CNC(=O)[C@H](Cc1[c-]cc[nH]1)NC.CNC(=O)[C@H](Cc1ncc[n-]1)NC.[Zn+2]. The van der Waals surface area contributed by atoms with E-state index in [1.807, 2.05) is 0 Å². The Labute approximate surface area is 172 Å². The van der Waals surface area contributed by atoms with E-state index in [-0.39, 0.29) is 43.4 Å². The molecule has 0 saturated heterocycles. The van der Waals surface area contributed by atoms with Crippen molar-refractivity contribution < 1.29 is 29.1 Å². The van der Waals surface area contributed by atoms with Crippen LogP contribution in [0.3, 0.4) is 0 Å². The molecule has 2 aromatic rings. The summed E-state index contributed by atoms with van der Waals surface area (Å²) in [4.78, 5) is 33.5. The van der Waals surface area contributed by atoms with Crippen molar-refractivity contribution >= 4 is 11.8 Å². The predicted molar refractivity (Wildman–Crippen MR) is 98.4 cm³/mol. The smallest absolute Gasteiger partial charge is 0.458 e. The fourth-order valence-corrected chi connectivity index (χ4v) is 2.21. The van der Waals surface area contributed by atoms with Gasteiger partial charge in [-0.25, -0.2) is 12.1 Å². The normalized spacial score (nSPS) is 12.0. The van der Waals surface area contributed by atoms with E-state index in [1.54, 1.807) is 52.8 Å². The van der Waals surface area contributed by atoms with E-state index < -0.39 is 0 Å². The Morgan fingerprint density at radius 2 is 1.70 bits per heavy atom. The third-order valence-corrected chi connectivity index (χ3v) is 3.73. The quantitative estimate of drug-likeness (QED) is 0.261. The van der Waals surface area contributed by atoms with Gasteiger partial charge < -0.3 is 36.2 Å². The van der Waals surface area contributed by atoms with Crippen LogP contribution in [0.15, 0.2) is 24.7 Å². The van der Waals surface area contributed by atoms with E-state index in [0.717, 1.165) is 5.69 Å². The van der Waals surface area contributed by atoms with Crippen LogP contribution in [-0.2, 0) is 41.9 Å². The van der Waals surface area contributed by atoms with Crippen molar-refractivity contribution in [2.75, 3.05) is 28.2 Å². The van der Waals surface area contributed by atoms with Crippen LogP contribution in [0.25, 0.3) is 0 Å². The van der Waals surface area contributed by atoms with Gasteiger partial charge >= 0.3 is 19.5 Å². The second-order valence-corrected chi connectivity index (χ2v) is 5.39. The molecule has 0 spiro atoms. The molecule has 9 nitrogen and oxygen atoms in total. The zero-order valence-corrected chi connectivity index (χ0v) is 19.3. The van der Waals surface area contributed by atoms with Gasteiger partial charge in [0.25, 0.3) is 0 Å². The van der Waals surface area contributed by atoms with Gasteiger partial charge in [-0.3, -0.25) is 9.59 Å². The first-order chi connectivity index (χ1) is 12.5. The second-order valence-electron chi connectivity index (χ2n) is 5.39. The van der Waals surface area contributed by atoms with Gasteiger partial charge in [-0.1, -0.05) is 23.9 Å². The molecule has 2 aromatic heterocycles. The van der Waals surface area contributed by atoms with E-state index in [9.17, 15) is 9.59 Å². The molecular weight excluding hydrogens is 400 g/mol. The minimum atomic E-state index is -0.257. The molecule has 0 radical (unpaired) electrons. The number of carbonyl (C=O) groups excluding carboxylic acids is 2. The van der Waals surface area contributed by atoms with Gasteiger partial charge in [-0.15, -0.1) is 6.20 Å². The number of likely N-dealkylation sites (N-methyl/N-ethyl adjacent to an activating group) is 4. The maximum atomic E-state index is 11.3. The Balaban J connectivity index is 0.000000483. The molecule has 2 heterocycles. The summed E-state index contributed by atoms with van der Waals surface area (Å²) in [7, 11) is 6.75. The van der Waals surface area contributed by atoms with E-state index in [4.69, 9.17) is 0 Å². The van der Waals surface area contributed by atoms with Crippen LogP contribution < -0.4 is 26.3 Å². The van der Waals surface area contributed by atoms with Gasteiger partial charge in [0, 0.05) is 14.1 Å². The maximum Gasteiger partial charge on any atom is 2.00 e. The summed E-state index contributed by atoms with van der Waals surface area (Å²) in [6.07, 6.45) is 6.18. The van der Waals surface area contributed by atoms with Crippen LogP contribution in [0, 0.1) is 6.07 Å². The van der Waals surface area contributed by atoms with Crippen molar-refractivity contribution in [3.63, 3.8) is 0 Å². The molecule has 2 rings (SSSR count). The number of aromatic amines is 1. The van der Waals surface area contributed by atoms with E-state index in [2.05, 4.69) is 42.3 Å². The van der Waals surface area contributed by atoms with Crippen LogP contribution in [0.5, 0.6) is 0 Å². The first kappa shape index (κ1) is 25.0. The number of rotatable bonds is 8. The van der Waals surface area contributed by atoms with Gasteiger partial charge in [0.05, 0.1) is 12.1 Å². The Bertz CT molecular complexity index is 576. The number of amides is 2. The molecule has 2 atom stereocenters. The fourth-order valence-electron chi connectivity index (χ4n) is 2.21. The topological polar surface area (TPSA) is 125 Å². The van der Waals surface area contributed by atoms with Crippen molar-refractivity contribution in [3.05, 3.63) is 42.2 Å². The average Bonchev–Trinajstić information content (AvgIpc) is 3.37. The van der Waals surface area contributed by atoms with E-state index >= 15 is 0 Å². The molecule has 5 N–H and O–H groups in total. The molecule has 10 heteroatoms. The van der Waals surface area contributed by atoms with E-state index in [1.165, 1.54) is 0 Å². The molecule has 0 saturated carbocycles. The minimum absolute atomic E-state index is 0. The predicted octanol–water partition coefficient (Wildman–Crippen LogP) is -1.40. The van der Waals surface area contributed by atoms with Crippen molar-refractivity contribution in [2.24, 2.45) is 0 Å². The Morgan fingerprint density at radius 3 is 2.11 bits per heavy atom. The van der Waals surface area contributed by atoms with Gasteiger partial charge in [-0.05, 0) is 26.9 Å². The minimum Gasteiger partial charge on any atom is -0.458 e. The van der Waals surface area contributed by atoms with E-state index in [0.29, 0.717) is 18.7 Å². The van der Waals surface area contributed by atoms with Crippen molar-refractivity contribution in [3.8, 4) is 0 Å². The van der Waals surface area contributed by atoms with Crippen molar-refractivity contribution in [2.45, 2.75) is 24.9 Å². The molecule has 0 unspecified atom stereocenters. The average molecular weight is 427 g/mol. The van der Waals surface area contributed by atoms with Crippen molar-refractivity contribution in [1.29, 1.82) is 0 Å². The van der Waals surface area contributed by atoms with Crippen LogP contribution in [0.1, 0.15) is 11.5 Å². The largest absolute Gasteiger partial charge is 2.00 e. The summed E-state index contributed by atoms with van der Waals surface area (Å²) < 4.78 is 0. The first-order valence-corrected chi connectivity index (χ1v) is 8.29. The number of nitrogens with zero attached hydrogens (tertiary/aromatic N) is 2. The number of nitrogens with one attached hydrogen (secondary N) is 5. The standard InChI is InChI=1S/C9H14N3O.C8H14N4O.Zn/c1-10-8(9(13)11-2)6-7-4-3-5-12-7;1-9-6(8(13)10-2)5-7-11-3-4-12-7;/h3,5,8,10,12H,6H2,1-2H3,(H,11,13);3-4,6,9H,5H2,1-2H3,(H2,10,11,12,13);/q-1;;+2/p-1/t8-;6-;/m00./s1. The number of H-pyrrole nitrogens is 1. The summed E-state index contributed by atoms with van der Waals surface area (Å²) in [5.41, 5.74) is 0.933. The molecule has 0 aliphatic rings. The number of imidazole rings is 1. The van der Waals surface area contributed by atoms with Crippen LogP contribution in [0.2, 0.25) is 0 Å². The number of hydrogen-bond acceptors (Lipinski definition) is 5. The van der Waals surface area contributed by atoms with Crippen LogP contribution in [0.4, 0.5) is 0 Å². The molecule has 0 aliphatic carbocycles. The molecule has 144 valence electrons. The fraction of sp³-hybridized carbons (Fsp3) is 0.471. The summed E-state index contributed by atoms with van der Waals surface area (Å²) in [5, 5.41) is 11.0. The third-order valence-electron chi connectivity index (χ3n) is 3.73. The Kier molecular flexibility index (Phi) is 13.0. The number of carbonyl (C=O) groups is 2. The van der Waals surface area contributed by atoms with Gasteiger partial charge in [0.1, 0.15) is 0 Å². The van der Waals surface area contributed by atoms with Crippen LogP contribution >= 0.6 is 0 Å². The Hall–Kier alpha value is -2.03. The molecule has 0 fully saturated rings. The van der Waals surface area contributed by atoms with Crippen LogP contribution in [-0.4, -0.2) is 62.1 Å². The second kappa shape index (κ2) is 14.1. The van der Waals surface area contributed by atoms with Crippen molar-refractivity contribution in [1.82, 2.24) is 36.2 Å². The summed E-state index contributed by atoms with van der Waals surface area (Å²) in [5.74, 6) is 0.626.